The Kier molecular flexibility index (Phi) is 3.74. The number of hydrogen-bond donors (Lipinski definition) is 1. The summed E-state index contributed by atoms with van der Waals surface area (Å²) in [7, 11) is 0. The standard InChI is InChI=1S/C7H10O2/c1-3-4-5-7(9)6(2)8/h7,9H,3H2,1-2H3/t7-/m0/s1. The molecule has 9 heavy (non-hydrogen) atoms. The molecule has 1 N–H and O–H groups in total. The molecule has 0 aliphatic rings. The number of rotatable bonds is 1. The molecule has 0 bridgehead atoms. The van der Waals surface area contributed by atoms with Gasteiger partial charge in [-0.1, -0.05) is 12.8 Å². The fourth-order valence-electron chi connectivity index (χ4n) is 0.300. The lowest BCUT2D eigenvalue weighted by molar-refractivity contribution is -0.122. The summed E-state index contributed by atoms with van der Waals surface area (Å²) in [6.45, 7) is 3.18. The van der Waals surface area contributed by atoms with Gasteiger partial charge in [-0.3, -0.25) is 4.79 Å². The topological polar surface area (TPSA) is 37.3 Å². The fraction of sp³-hybridized carbons (Fsp3) is 0.571. The molecule has 2 heteroatoms. The van der Waals surface area contributed by atoms with Crippen LogP contribution < -0.4 is 0 Å². The number of aliphatic hydroxyl groups excluding tert-OH is 1. The summed E-state index contributed by atoms with van der Waals surface area (Å²) in [5.74, 6) is 4.70. The molecule has 0 saturated heterocycles. The second-order valence-corrected chi connectivity index (χ2v) is 1.69. The van der Waals surface area contributed by atoms with Gasteiger partial charge in [0, 0.05) is 6.42 Å². The second kappa shape index (κ2) is 4.11. The van der Waals surface area contributed by atoms with Crippen molar-refractivity contribution in [2.24, 2.45) is 0 Å². The molecule has 50 valence electrons. The normalized spacial score (nSPS) is 11.4. The summed E-state index contributed by atoms with van der Waals surface area (Å²) in [5.41, 5.74) is 0. The Morgan fingerprint density at radius 3 is 2.67 bits per heavy atom. The van der Waals surface area contributed by atoms with Crippen molar-refractivity contribution < 1.29 is 9.90 Å². The van der Waals surface area contributed by atoms with Crippen molar-refractivity contribution in [3.63, 3.8) is 0 Å². The second-order valence-electron chi connectivity index (χ2n) is 1.69. The van der Waals surface area contributed by atoms with Gasteiger partial charge < -0.3 is 5.11 Å². The average Bonchev–Trinajstić information content (AvgIpc) is 1.82. The number of hydrogen-bond acceptors (Lipinski definition) is 2. The molecule has 0 spiro atoms. The van der Waals surface area contributed by atoms with Crippen LogP contribution in [0.15, 0.2) is 0 Å². The van der Waals surface area contributed by atoms with Gasteiger partial charge in [0.2, 0.25) is 0 Å². The number of carbonyl (C=O) groups excluding carboxylic acids is 1. The average molecular weight is 126 g/mol. The molecule has 0 aliphatic heterocycles. The van der Waals surface area contributed by atoms with Crippen LogP contribution >= 0.6 is 0 Å². The van der Waals surface area contributed by atoms with E-state index < -0.39 is 6.10 Å². The van der Waals surface area contributed by atoms with E-state index in [1.54, 1.807) is 0 Å². The van der Waals surface area contributed by atoms with Crippen molar-refractivity contribution in [2.45, 2.75) is 26.4 Å². The number of Topliss-reactive ketones (excluding diaryl/α,β-unsaturated/α-hetero) is 1. The Bertz CT molecular complexity index is 150. The Morgan fingerprint density at radius 1 is 1.78 bits per heavy atom. The van der Waals surface area contributed by atoms with Gasteiger partial charge in [0.1, 0.15) is 0 Å². The van der Waals surface area contributed by atoms with Gasteiger partial charge in [0.05, 0.1) is 0 Å². The largest absolute Gasteiger partial charge is 0.373 e. The first-order chi connectivity index (χ1) is 4.18. The van der Waals surface area contributed by atoms with Crippen molar-refractivity contribution in [1.29, 1.82) is 0 Å². The van der Waals surface area contributed by atoms with E-state index in [9.17, 15) is 4.79 Å². The van der Waals surface area contributed by atoms with E-state index in [0.717, 1.165) is 0 Å². The Morgan fingerprint density at radius 2 is 2.33 bits per heavy atom. The van der Waals surface area contributed by atoms with E-state index in [-0.39, 0.29) is 5.78 Å². The van der Waals surface area contributed by atoms with Crippen LogP contribution in [0.2, 0.25) is 0 Å². The van der Waals surface area contributed by atoms with Crippen LogP contribution in [0.3, 0.4) is 0 Å². The van der Waals surface area contributed by atoms with Gasteiger partial charge in [-0.05, 0) is 6.92 Å². The zero-order valence-electron chi connectivity index (χ0n) is 5.64. The highest BCUT2D eigenvalue weighted by atomic mass is 16.3. The van der Waals surface area contributed by atoms with Gasteiger partial charge >= 0.3 is 0 Å². The summed E-state index contributed by atoms with van der Waals surface area (Å²) in [6.07, 6.45) is -0.408. The molecule has 0 amide bonds. The smallest absolute Gasteiger partial charge is 0.172 e. The summed E-state index contributed by atoms with van der Waals surface area (Å²) >= 11 is 0. The predicted octanol–water partition coefficient (Wildman–Crippen LogP) is 0.350. The Balaban J connectivity index is 3.75. The van der Waals surface area contributed by atoms with E-state index >= 15 is 0 Å². The summed E-state index contributed by atoms with van der Waals surface area (Å²) in [4.78, 5) is 10.3. The van der Waals surface area contributed by atoms with Crippen LogP contribution in [-0.2, 0) is 4.79 Å². The maximum atomic E-state index is 10.3. The maximum absolute atomic E-state index is 10.3. The van der Waals surface area contributed by atoms with Crippen molar-refractivity contribution in [1.82, 2.24) is 0 Å². The van der Waals surface area contributed by atoms with Gasteiger partial charge in [-0.25, -0.2) is 0 Å². The van der Waals surface area contributed by atoms with E-state index in [4.69, 9.17) is 5.11 Å². The van der Waals surface area contributed by atoms with Gasteiger partial charge in [0.25, 0.3) is 0 Å². The lowest BCUT2D eigenvalue weighted by Crippen LogP contribution is -2.13. The molecular weight excluding hydrogens is 116 g/mol. The minimum Gasteiger partial charge on any atom is -0.373 e. The third kappa shape index (κ3) is 3.75. The van der Waals surface area contributed by atoms with Crippen LogP contribution in [0.4, 0.5) is 0 Å². The first-order valence-corrected chi connectivity index (χ1v) is 2.85. The van der Waals surface area contributed by atoms with Crippen molar-refractivity contribution >= 4 is 5.78 Å². The van der Waals surface area contributed by atoms with Crippen molar-refractivity contribution in [2.75, 3.05) is 0 Å². The fourth-order valence-corrected chi connectivity index (χ4v) is 0.300. The third-order valence-electron chi connectivity index (χ3n) is 0.801. The zero-order chi connectivity index (χ0) is 7.28. The van der Waals surface area contributed by atoms with Gasteiger partial charge in [-0.2, -0.15) is 0 Å². The van der Waals surface area contributed by atoms with E-state index in [2.05, 4.69) is 11.8 Å². The number of carbonyl (C=O) groups is 1. The van der Waals surface area contributed by atoms with Crippen LogP contribution in [0.1, 0.15) is 20.3 Å². The molecule has 0 radical (unpaired) electrons. The SMILES string of the molecule is CCC#C[C@H](O)C(C)=O. The monoisotopic (exact) mass is 126 g/mol. The molecule has 0 unspecified atom stereocenters. The maximum Gasteiger partial charge on any atom is 0.172 e. The molecule has 0 aromatic carbocycles. The van der Waals surface area contributed by atoms with Crippen LogP contribution in [0.5, 0.6) is 0 Å². The first-order valence-electron chi connectivity index (χ1n) is 2.85. The first kappa shape index (κ1) is 8.19. The minimum absolute atomic E-state index is 0.295. The molecule has 0 aromatic heterocycles. The van der Waals surface area contributed by atoms with E-state index in [0.29, 0.717) is 6.42 Å². The lowest BCUT2D eigenvalue weighted by atomic mass is 10.2. The van der Waals surface area contributed by atoms with Crippen molar-refractivity contribution in [3.05, 3.63) is 0 Å². The summed E-state index contributed by atoms with van der Waals surface area (Å²) in [5, 5.41) is 8.73. The highest BCUT2D eigenvalue weighted by molar-refractivity contribution is 5.83. The molecular formula is C7H10O2. The molecule has 0 aliphatic carbocycles. The van der Waals surface area contributed by atoms with E-state index in [1.165, 1.54) is 6.92 Å². The Hall–Kier alpha value is -0.810. The highest BCUT2D eigenvalue weighted by Crippen LogP contribution is 1.81. The third-order valence-corrected chi connectivity index (χ3v) is 0.801. The van der Waals surface area contributed by atoms with Crippen LogP contribution in [0, 0.1) is 11.8 Å². The predicted molar refractivity (Wildman–Crippen MR) is 34.8 cm³/mol. The molecule has 0 saturated carbocycles. The van der Waals surface area contributed by atoms with Crippen molar-refractivity contribution in [3.8, 4) is 11.8 Å². The summed E-state index contributed by atoms with van der Waals surface area (Å²) in [6, 6.07) is 0. The molecule has 1 atom stereocenters. The highest BCUT2D eigenvalue weighted by Gasteiger charge is 2.02. The number of aliphatic hydroxyl groups is 1. The Labute approximate surface area is 54.9 Å². The molecule has 0 rings (SSSR count). The molecule has 0 aromatic rings. The van der Waals surface area contributed by atoms with Crippen LogP contribution in [0.25, 0.3) is 0 Å². The molecule has 0 heterocycles. The minimum atomic E-state index is -1.08. The lowest BCUT2D eigenvalue weighted by Gasteiger charge is -1.92. The van der Waals surface area contributed by atoms with Gasteiger partial charge in [0.15, 0.2) is 11.9 Å². The number of ketones is 1. The zero-order valence-corrected chi connectivity index (χ0v) is 5.64. The quantitative estimate of drug-likeness (QED) is 0.515. The van der Waals surface area contributed by atoms with E-state index in [1.807, 2.05) is 6.92 Å². The van der Waals surface area contributed by atoms with Crippen LogP contribution in [-0.4, -0.2) is 17.0 Å². The summed E-state index contributed by atoms with van der Waals surface area (Å²) < 4.78 is 0. The molecule has 2 nitrogen and oxygen atoms in total. The molecule has 0 fully saturated rings. The van der Waals surface area contributed by atoms with Gasteiger partial charge in [-0.15, -0.1) is 5.92 Å².